The number of nitrogens with one attached hydrogen (secondary N) is 1. The Labute approximate surface area is 108 Å². The topological polar surface area (TPSA) is 46.6 Å². The minimum Gasteiger partial charge on any atom is -0.481 e. The number of pyridine rings is 1. The number of morpholine rings is 1. The fourth-order valence-corrected chi connectivity index (χ4v) is 2.10. The van der Waals surface area contributed by atoms with Gasteiger partial charge in [-0.25, -0.2) is 4.98 Å². The molecule has 1 saturated heterocycles. The van der Waals surface area contributed by atoms with E-state index in [1.165, 1.54) is 0 Å². The summed E-state index contributed by atoms with van der Waals surface area (Å²) < 4.78 is 10.9. The summed E-state index contributed by atoms with van der Waals surface area (Å²) in [6, 6.07) is 3.94. The molecule has 2 heterocycles. The van der Waals surface area contributed by atoms with Crippen molar-refractivity contribution in [2.45, 2.75) is 12.6 Å². The van der Waals surface area contributed by atoms with Crippen molar-refractivity contribution < 1.29 is 9.47 Å². The third kappa shape index (κ3) is 3.66. The van der Waals surface area contributed by atoms with Crippen molar-refractivity contribution in [3.8, 4) is 5.88 Å². The highest BCUT2D eigenvalue weighted by atomic mass is 16.5. The first kappa shape index (κ1) is 13.3. The lowest BCUT2D eigenvalue weighted by atomic mass is 10.2. The van der Waals surface area contributed by atoms with Gasteiger partial charge in [0.15, 0.2) is 0 Å². The lowest BCUT2D eigenvalue weighted by Gasteiger charge is -2.30. The van der Waals surface area contributed by atoms with Crippen molar-refractivity contribution in [1.82, 2.24) is 15.2 Å². The van der Waals surface area contributed by atoms with Crippen LogP contribution in [0.4, 0.5) is 0 Å². The highest BCUT2D eigenvalue weighted by molar-refractivity contribution is 5.24. The van der Waals surface area contributed by atoms with Gasteiger partial charge < -0.3 is 19.7 Å². The van der Waals surface area contributed by atoms with Gasteiger partial charge in [0.1, 0.15) is 0 Å². The summed E-state index contributed by atoms with van der Waals surface area (Å²) in [7, 11) is 3.77. The molecule has 5 heteroatoms. The van der Waals surface area contributed by atoms with Crippen molar-refractivity contribution in [3.63, 3.8) is 0 Å². The van der Waals surface area contributed by atoms with Gasteiger partial charge in [-0.1, -0.05) is 6.07 Å². The van der Waals surface area contributed by atoms with Gasteiger partial charge >= 0.3 is 0 Å². The molecule has 1 aromatic rings. The summed E-state index contributed by atoms with van der Waals surface area (Å²) in [6.07, 6.45) is 2.01. The maximum atomic E-state index is 5.69. The Balaban J connectivity index is 1.77. The van der Waals surface area contributed by atoms with Gasteiger partial charge in [0, 0.05) is 37.9 Å². The fourth-order valence-electron chi connectivity index (χ4n) is 2.10. The van der Waals surface area contributed by atoms with E-state index >= 15 is 0 Å². The summed E-state index contributed by atoms with van der Waals surface area (Å²) >= 11 is 0. The first-order chi connectivity index (χ1) is 8.79. The number of hydrogen-bond acceptors (Lipinski definition) is 5. The molecule has 0 aromatic carbocycles. The van der Waals surface area contributed by atoms with Crippen molar-refractivity contribution >= 4 is 0 Å². The Bertz CT molecular complexity index is 373. The monoisotopic (exact) mass is 251 g/mol. The first-order valence-corrected chi connectivity index (χ1v) is 6.28. The molecule has 100 valence electrons. The Morgan fingerprint density at radius 1 is 1.61 bits per heavy atom. The molecule has 1 aliphatic heterocycles. The molecule has 1 aliphatic rings. The molecule has 1 unspecified atom stereocenters. The molecular weight excluding hydrogens is 230 g/mol. The number of nitrogens with zero attached hydrogens (tertiary/aromatic N) is 2. The highest BCUT2D eigenvalue weighted by Crippen LogP contribution is 2.13. The average Bonchev–Trinajstić information content (AvgIpc) is 2.39. The van der Waals surface area contributed by atoms with Crippen molar-refractivity contribution in [3.05, 3.63) is 23.9 Å². The van der Waals surface area contributed by atoms with E-state index in [4.69, 9.17) is 9.47 Å². The number of aromatic nitrogens is 1. The van der Waals surface area contributed by atoms with E-state index in [1.54, 1.807) is 13.3 Å². The zero-order valence-corrected chi connectivity index (χ0v) is 11.1. The second-order valence-corrected chi connectivity index (χ2v) is 4.56. The predicted molar refractivity (Wildman–Crippen MR) is 69.7 cm³/mol. The van der Waals surface area contributed by atoms with Gasteiger partial charge in [-0.05, 0) is 13.1 Å². The molecule has 0 saturated carbocycles. The van der Waals surface area contributed by atoms with Crippen LogP contribution in [0.5, 0.6) is 5.88 Å². The molecular formula is C13H21N3O2. The molecule has 1 aromatic heterocycles. The molecule has 2 rings (SSSR count). The van der Waals surface area contributed by atoms with Gasteiger partial charge in [-0.2, -0.15) is 0 Å². The van der Waals surface area contributed by atoms with Crippen LogP contribution in [0.15, 0.2) is 18.3 Å². The van der Waals surface area contributed by atoms with Crippen molar-refractivity contribution in [2.24, 2.45) is 0 Å². The summed E-state index contributed by atoms with van der Waals surface area (Å²) in [5, 5.41) is 3.40. The lowest BCUT2D eigenvalue weighted by Crippen LogP contribution is -2.44. The first-order valence-electron chi connectivity index (χ1n) is 6.28. The van der Waals surface area contributed by atoms with Crippen LogP contribution in [0.1, 0.15) is 5.56 Å². The van der Waals surface area contributed by atoms with Crippen molar-refractivity contribution in [2.75, 3.05) is 40.4 Å². The summed E-state index contributed by atoms with van der Waals surface area (Å²) in [4.78, 5) is 6.47. The van der Waals surface area contributed by atoms with Crippen LogP contribution in [-0.4, -0.2) is 56.4 Å². The average molecular weight is 251 g/mol. The van der Waals surface area contributed by atoms with Crippen LogP contribution in [0.2, 0.25) is 0 Å². The van der Waals surface area contributed by atoms with Crippen LogP contribution in [0, 0.1) is 0 Å². The Hall–Kier alpha value is -1.17. The Morgan fingerprint density at radius 2 is 2.50 bits per heavy atom. The summed E-state index contributed by atoms with van der Waals surface area (Å²) in [5.74, 6) is 0.687. The number of methoxy groups -OCH3 is 1. The molecule has 5 nitrogen and oxygen atoms in total. The van der Waals surface area contributed by atoms with Gasteiger partial charge in [0.2, 0.25) is 5.88 Å². The number of likely N-dealkylation sites (N-methyl/N-ethyl adjacent to an activating group) is 1. The van der Waals surface area contributed by atoms with Gasteiger partial charge in [-0.3, -0.25) is 0 Å². The minimum absolute atomic E-state index is 0.270. The maximum absolute atomic E-state index is 5.69. The van der Waals surface area contributed by atoms with E-state index < -0.39 is 0 Å². The van der Waals surface area contributed by atoms with Gasteiger partial charge in [-0.15, -0.1) is 0 Å². The molecule has 0 radical (unpaired) electrons. The largest absolute Gasteiger partial charge is 0.481 e. The second-order valence-electron chi connectivity index (χ2n) is 4.56. The maximum Gasteiger partial charge on any atom is 0.217 e. The molecule has 1 fully saturated rings. The summed E-state index contributed by atoms with van der Waals surface area (Å²) in [6.45, 7) is 4.42. The molecule has 0 aliphatic carbocycles. The van der Waals surface area contributed by atoms with E-state index in [1.807, 2.05) is 12.1 Å². The van der Waals surface area contributed by atoms with E-state index in [9.17, 15) is 0 Å². The zero-order chi connectivity index (χ0) is 12.8. The number of rotatable bonds is 5. The van der Waals surface area contributed by atoms with Crippen LogP contribution >= 0.6 is 0 Å². The number of hydrogen-bond donors (Lipinski definition) is 1. The third-order valence-corrected chi connectivity index (χ3v) is 3.07. The smallest absolute Gasteiger partial charge is 0.217 e. The standard InChI is InChI=1S/C13H21N3O2/c1-16-6-7-18-12(10-16)9-14-8-11-4-3-5-15-13(11)17-2/h3-5,12,14H,6-10H2,1-2H3. The van der Waals surface area contributed by atoms with Crippen LogP contribution in [-0.2, 0) is 11.3 Å². The lowest BCUT2D eigenvalue weighted by molar-refractivity contribution is -0.0182. The number of ether oxygens (including phenoxy) is 2. The van der Waals surface area contributed by atoms with E-state index in [0.29, 0.717) is 5.88 Å². The molecule has 0 amide bonds. The van der Waals surface area contributed by atoms with Crippen LogP contribution in [0.3, 0.4) is 0 Å². The minimum atomic E-state index is 0.270. The fraction of sp³-hybridized carbons (Fsp3) is 0.615. The second kappa shape index (κ2) is 6.68. The normalized spacial score (nSPS) is 20.9. The molecule has 0 spiro atoms. The van der Waals surface area contributed by atoms with E-state index in [2.05, 4.69) is 22.2 Å². The third-order valence-electron chi connectivity index (χ3n) is 3.07. The molecule has 18 heavy (non-hydrogen) atoms. The zero-order valence-electron chi connectivity index (χ0n) is 11.1. The SMILES string of the molecule is COc1ncccc1CNCC1CN(C)CCO1. The van der Waals surface area contributed by atoms with Crippen molar-refractivity contribution in [1.29, 1.82) is 0 Å². The van der Waals surface area contributed by atoms with E-state index in [-0.39, 0.29) is 6.10 Å². The van der Waals surface area contributed by atoms with Crippen LogP contribution < -0.4 is 10.1 Å². The van der Waals surface area contributed by atoms with Gasteiger partial charge in [0.05, 0.1) is 19.8 Å². The van der Waals surface area contributed by atoms with Gasteiger partial charge in [0.25, 0.3) is 0 Å². The van der Waals surface area contributed by atoms with E-state index in [0.717, 1.165) is 38.3 Å². The quantitative estimate of drug-likeness (QED) is 0.826. The summed E-state index contributed by atoms with van der Waals surface area (Å²) in [5.41, 5.74) is 1.07. The Morgan fingerprint density at radius 3 is 3.28 bits per heavy atom. The Kier molecular flexibility index (Phi) is 4.92. The highest BCUT2D eigenvalue weighted by Gasteiger charge is 2.17. The van der Waals surface area contributed by atoms with Crippen LogP contribution in [0.25, 0.3) is 0 Å². The predicted octanol–water partition coefficient (Wildman–Crippen LogP) is 0.510. The molecule has 0 bridgehead atoms. The molecule has 1 atom stereocenters. The molecule has 1 N–H and O–H groups in total.